The molecule has 0 aliphatic heterocycles. The van der Waals surface area contributed by atoms with Crippen molar-refractivity contribution in [2.75, 3.05) is 0 Å². The Balaban J connectivity index is 3.11. The van der Waals surface area contributed by atoms with E-state index in [1.165, 1.54) is 89.9 Å². The van der Waals surface area contributed by atoms with Gasteiger partial charge in [0, 0.05) is 0 Å². The van der Waals surface area contributed by atoms with Crippen LogP contribution in [0.25, 0.3) is 0 Å². The van der Waals surface area contributed by atoms with E-state index in [2.05, 4.69) is 38.2 Å². The number of allylic oxidation sites excluding steroid dienone is 4. The first-order valence-electron chi connectivity index (χ1n) is 9.61. The van der Waals surface area contributed by atoms with Crippen LogP contribution in [0.1, 0.15) is 110 Å². The van der Waals surface area contributed by atoms with E-state index in [-0.39, 0.29) is 0 Å². The average Bonchev–Trinajstić information content (AvgIpc) is 2.50. The molecule has 0 fully saturated rings. The Bertz CT molecular complexity index is 224. The summed E-state index contributed by atoms with van der Waals surface area (Å²) in [5.41, 5.74) is 0. The van der Waals surface area contributed by atoms with Crippen LogP contribution in [0.2, 0.25) is 0 Å². The predicted octanol–water partition coefficient (Wildman–Crippen LogP) is 7.79. The van der Waals surface area contributed by atoms with Crippen molar-refractivity contribution >= 4 is 0 Å². The van der Waals surface area contributed by atoms with Crippen molar-refractivity contribution in [1.29, 1.82) is 0 Å². The van der Waals surface area contributed by atoms with Gasteiger partial charge in [0.1, 0.15) is 0 Å². The third-order valence-electron chi connectivity index (χ3n) is 3.97. The van der Waals surface area contributed by atoms with Crippen LogP contribution in [0, 0.1) is 6.08 Å². The first-order chi connectivity index (χ1) is 10.4. The quantitative estimate of drug-likeness (QED) is 0.201. The van der Waals surface area contributed by atoms with E-state index in [0.29, 0.717) is 0 Å². The maximum absolute atomic E-state index is 3.39. The number of hydrogen-bond donors (Lipinski definition) is 0. The van der Waals surface area contributed by atoms with Crippen LogP contribution in [0.3, 0.4) is 0 Å². The fraction of sp³-hybridized carbons (Fsp3) is 0.810. The van der Waals surface area contributed by atoms with Gasteiger partial charge in [-0.3, -0.25) is 0 Å². The fourth-order valence-electron chi connectivity index (χ4n) is 2.52. The molecule has 0 N–H and O–H groups in total. The Labute approximate surface area is 135 Å². The third-order valence-corrected chi connectivity index (χ3v) is 3.97. The standard InChI is InChI=1S/C21H39/c1-3-5-7-9-11-13-15-17-19-21-20-18-16-14-12-10-8-6-4-2/h11,13,19H,3-10,12,14-16,18,20-21H2,1-2H3/b13-11-,19-17?. The zero-order chi connectivity index (χ0) is 15.4. The lowest BCUT2D eigenvalue weighted by molar-refractivity contribution is 0.566. The fourth-order valence-corrected chi connectivity index (χ4v) is 2.52. The SMILES string of the molecule is CCCCC/C=C\C/[C]=C\CCCCCCCCCCC. The van der Waals surface area contributed by atoms with Crippen molar-refractivity contribution in [1.82, 2.24) is 0 Å². The zero-order valence-electron chi connectivity index (χ0n) is 14.8. The topological polar surface area (TPSA) is 0 Å². The van der Waals surface area contributed by atoms with Crippen LogP contribution in [-0.2, 0) is 0 Å². The van der Waals surface area contributed by atoms with Gasteiger partial charge in [0.05, 0.1) is 0 Å². The summed E-state index contributed by atoms with van der Waals surface area (Å²) in [5, 5.41) is 0. The third kappa shape index (κ3) is 19.5. The summed E-state index contributed by atoms with van der Waals surface area (Å²) in [6.07, 6.45) is 30.5. The van der Waals surface area contributed by atoms with Gasteiger partial charge in [-0.1, -0.05) is 96.3 Å². The monoisotopic (exact) mass is 291 g/mol. The minimum atomic E-state index is 1.00. The second kappa shape index (κ2) is 19.5. The molecule has 0 nitrogen and oxygen atoms in total. The summed E-state index contributed by atoms with van der Waals surface area (Å²) in [7, 11) is 0. The lowest BCUT2D eigenvalue weighted by atomic mass is 10.1. The van der Waals surface area contributed by atoms with Crippen molar-refractivity contribution in [3.05, 3.63) is 24.3 Å². The highest BCUT2D eigenvalue weighted by Crippen LogP contribution is 2.10. The smallest absolute Gasteiger partial charge is 0.00979 e. The van der Waals surface area contributed by atoms with Gasteiger partial charge >= 0.3 is 0 Å². The lowest BCUT2D eigenvalue weighted by Crippen LogP contribution is -1.80. The highest BCUT2D eigenvalue weighted by molar-refractivity contribution is 4.87. The number of unbranched alkanes of at least 4 members (excludes halogenated alkanes) is 12. The Kier molecular flexibility index (Phi) is 19.0. The minimum Gasteiger partial charge on any atom is -0.0882 e. The van der Waals surface area contributed by atoms with Crippen LogP contribution >= 0.6 is 0 Å². The summed E-state index contributed by atoms with van der Waals surface area (Å²) >= 11 is 0. The highest BCUT2D eigenvalue weighted by atomic mass is 14.0. The van der Waals surface area contributed by atoms with Crippen molar-refractivity contribution in [3.8, 4) is 0 Å². The van der Waals surface area contributed by atoms with Crippen molar-refractivity contribution in [3.63, 3.8) is 0 Å². The second-order valence-electron chi connectivity index (χ2n) is 6.20. The van der Waals surface area contributed by atoms with E-state index in [4.69, 9.17) is 0 Å². The molecule has 0 aliphatic carbocycles. The molecule has 0 saturated heterocycles. The van der Waals surface area contributed by atoms with E-state index in [0.717, 1.165) is 6.42 Å². The Morgan fingerprint density at radius 3 is 1.76 bits per heavy atom. The van der Waals surface area contributed by atoms with Crippen LogP contribution in [0.5, 0.6) is 0 Å². The van der Waals surface area contributed by atoms with Crippen molar-refractivity contribution in [2.24, 2.45) is 0 Å². The molecular weight excluding hydrogens is 252 g/mol. The number of hydrogen-bond acceptors (Lipinski definition) is 0. The van der Waals surface area contributed by atoms with Gasteiger partial charge in [0.15, 0.2) is 0 Å². The van der Waals surface area contributed by atoms with Crippen molar-refractivity contribution in [2.45, 2.75) is 110 Å². The molecule has 0 unspecified atom stereocenters. The van der Waals surface area contributed by atoms with E-state index >= 15 is 0 Å². The molecule has 0 atom stereocenters. The molecule has 0 aliphatic rings. The number of rotatable bonds is 16. The van der Waals surface area contributed by atoms with Gasteiger partial charge in [-0.2, -0.15) is 0 Å². The van der Waals surface area contributed by atoms with Gasteiger partial charge in [-0.15, -0.1) is 0 Å². The molecule has 0 aromatic heterocycles. The molecular formula is C21H39. The first kappa shape index (κ1) is 20.5. The van der Waals surface area contributed by atoms with E-state index < -0.39 is 0 Å². The molecule has 0 heterocycles. The Hall–Kier alpha value is -0.520. The Morgan fingerprint density at radius 2 is 1.10 bits per heavy atom. The molecule has 0 amide bonds. The van der Waals surface area contributed by atoms with Gasteiger partial charge in [-0.05, 0) is 38.2 Å². The molecule has 21 heavy (non-hydrogen) atoms. The predicted molar refractivity (Wildman–Crippen MR) is 97.6 cm³/mol. The molecule has 123 valence electrons. The lowest BCUT2D eigenvalue weighted by Gasteiger charge is -2.00. The van der Waals surface area contributed by atoms with Crippen LogP contribution in [0.15, 0.2) is 18.2 Å². The maximum Gasteiger partial charge on any atom is -0.00979 e. The van der Waals surface area contributed by atoms with E-state index in [9.17, 15) is 0 Å². The van der Waals surface area contributed by atoms with Crippen LogP contribution < -0.4 is 0 Å². The normalized spacial score (nSPS) is 11.9. The zero-order valence-corrected chi connectivity index (χ0v) is 14.8. The molecule has 0 aromatic carbocycles. The maximum atomic E-state index is 3.39. The summed E-state index contributed by atoms with van der Waals surface area (Å²) < 4.78 is 0. The molecule has 0 aromatic rings. The summed E-state index contributed by atoms with van der Waals surface area (Å²) in [5.74, 6) is 0. The van der Waals surface area contributed by atoms with Crippen LogP contribution in [0.4, 0.5) is 0 Å². The summed E-state index contributed by atoms with van der Waals surface area (Å²) in [4.78, 5) is 0. The van der Waals surface area contributed by atoms with E-state index in [1.807, 2.05) is 0 Å². The molecule has 1 radical (unpaired) electrons. The Morgan fingerprint density at radius 1 is 0.571 bits per heavy atom. The van der Waals surface area contributed by atoms with Crippen molar-refractivity contribution < 1.29 is 0 Å². The van der Waals surface area contributed by atoms with Gasteiger partial charge in [0.2, 0.25) is 0 Å². The van der Waals surface area contributed by atoms with Crippen LogP contribution in [-0.4, -0.2) is 0 Å². The molecule has 0 rings (SSSR count). The molecule has 0 heteroatoms. The molecule has 0 saturated carbocycles. The van der Waals surface area contributed by atoms with Gasteiger partial charge < -0.3 is 0 Å². The first-order valence-corrected chi connectivity index (χ1v) is 9.61. The molecule has 0 spiro atoms. The van der Waals surface area contributed by atoms with E-state index in [1.54, 1.807) is 0 Å². The summed E-state index contributed by atoms with van der Waals surface area (Å²) in [6.45, 7) is 4.54. The van der Waals surface area contributed by atoms with Gasteiger partial charge in [-0.25, -0.2) is 0 Å². The average molecular weight is 292 g/mol. The summed E-state index contributed by atoms with van der Waals surface area (Å²) in [6, 6.07) is 0. The highest BCUT2D eigenvalue weighted by Gasteiger charge is 1.91. The molecule has 0 bridgehead atoms. The second-order valence-corrected chi connectivity index (χ2v) is 6.20. The van der Waals surface area contributed by atoms with Gasteiger partial charge in [0.25, 0.3) is 0 Å². The minimum absolute atomic E-state index is 1.00. The largest absolute Gasteiger partial charge is 0.0882 e.